The number of fused-ring (bicyclic) bond motifs is 5. The van der Waals surface area contributed by atoms with Crippen molar-refractivity contribution in [3.05, 3.63) is 24.3 Å². The number of rotatable bonds is 2. The Morgan fingerprint density at radius 1 is 1.09 bits per heavy atom. The Kier molecular flexibility index (Phi) is 2.64. The van der Waals surface area contributed by atoms with Crippen molar-refractivity contribution in [2.75, 3.05) is 12.0 Å². The fraction of sp³-hybridized carbons (Fsp3) is 0.500. The molecule has 4 atom stereocenters. The number of benzene rings is 1. The van der Waals surface area contributed by atoms with E-state index in [1.54, 1.807) is 24.3 Å². The quantitative estimate of drug-likeness (QED) is 0.785. The number of nitrogens with zero attached hydrogens (tertiary/aromatic N) is 1. The number of carbonyl (C=O) groups excluding carboxylic acids is 3. The van der Waals surface area contributed by atoms with E-state index in [2.05, 4.69) is 0 Å². The van der Waals surface area contributed by atoms with Crippen LogP contribution in [0, 0.1) is 22.7 Å². The third-order valence-corrected chi connectivity index (χ3v) is 6.04. The Morgan fingerprint density at radius 3 is 2.43 bits per heavy atom. The van der Waals surface area contributed by atoms with E-state index in [9.17, 15) is 14.4 Å². The Labute approximate surface area is 134 Å². The number of carbonyl (C=O) groups is 3. The molecule has 0 radical (unpaired) electrons. The highest BCUT2D eigenvalue weighted by atomic mass is 16.5. The third-order valence-electron chi connectivity index (χ3n) is 6.04. The Hall–Kier alpha value is -2.17. The molecular formula is C18H19NO4. The van der Waals surface area contributed by atoms with Crippen LogP contribution in [0.4, 0.5) is 5.69 Å². The molecular weight excluding hydrogens is 294 g/mol. The molecule has 120 valence electrons. The number of hydrogen-bond donors (Lipinski definition) is 0. The second kappa shape index (κ2) is 4.22. The average molecular weight is 313 g/mol. The third kappa shape index (κ3) is 1.55. The number of Topliss-reactive ketones (excluding diaryl/α,β-unsaturated/α-hetero) is 1. The van der Waals surface area contributed by atoms with Gasteiger partial charge in [-0.2, -0.15) is 0 Å². The summed E-state index contributed by atoms with van der Waals surface area (Å²) in [7, 11) is 1.51. The van der Waals surface area contributed by atoms with Gasteiger partial charge < -0.3 is 4.74 Å². The van der Waals surface area contributed by atoms with Crippen molar-refractivity contribution in [1.82, 2.24) is 0 Å². The van der Waals surface area contributed by atoms with Crippen LogP contribution in [-0.2, 0) is 14.4 Å². The number of anilines is 1. The van der Waals surface area contributed by atoms with Crippen LogP contribution in [0.3, 0.4) is 0 Å². The van der Waals surface area contributed by atoms with Gasteiger partial charge in [0.2, 0.25) is 11.8 Å². The van der Waals surface area contributed by atoms with Gasteiger partial charge in [-0.15, -0.1) is 0 Å². The summed E-state index contributed by atoms with van der Waals surface area (Å²) in [5.74, 6) is -0.784. The molecule has 2 saturated carbocycles. The van der Waals surface area contributed by atoms with E-state index in [0.717, 1.165) is 0 Å². The van der Waals surface area contributed by atoms with Crippen molar-refractivity contribution in [3.8, 4) is 5.75 Å². The summed E-state index contributed by atoms with van der Waals surface area (Å²) in [4.78, 5) is 39.7. The number of para-hydroxylation sites is 2. The molecule has 5 nitrogen and oxygen atoms in total. The number of amides is 2. The van der Waals surface area contributed by atoms with Gasteiger partial charge in [-0.05, 0) is 24.0 Å². The van der Waals surface area contributed by atoms with Gasteiger partial charge in [0.1, 0.15) is 11.5 Å². The van der Waals surface area contributed by atoms with E-state index in [1.807, 2.05) is 13.8 Å². The molecule has 5 heteroatoms. The highest BCUT2D eigenvalue weighted by Gasteiger charge is 2.74. The Bertz CT molecular complexity index is 757. The van der Waals surface area contributed by atoms with Crippen LogP contribution in [0.1, 0.15) is 26.7 Å². The normalized spacial score (nSPS) is 38.4. The minimum atomic E-state index is -0.705. The molecule has 4 rings (SSSR count). The molecule has 2 bridgehead atoms. The maximum atomic E-state index is 13.0. The highest BCUT2D eigenvalue weighted by Crippen LogP contribution is 2.68. The van der Waals surface area contributed by atoms with Crippen molar-refractivity contribution in [2.24, 2.45) is 22.7 Å². The molecule has 1 saturated heterocycles. The monoisotopic (exact) mass is 313 g/mol. The summed E-state index contributed by atoms with van der Waals surface area (Å²) in [5.41, 5.74) is -0.637. The van der Waals surface area contributed by atoms with Crippen LogP contribution in [0.15, 0.2) is 24.3 Å². The van der Waals surface area contributed by atoms with E-state index in [-0.39, 0.29) is 17.6 Å². The lowest BCUT2D eigenvalue weighted by atomic mass is 9.68. The van der Waals surface area contributed by atoms with Gasteiger partial charge in [-0.25, -0.2) is 4.90 Å². The summed E-state index contributed by atoms with van der Waals surface area (Å²) in [5, 5.41) is 0. The van der Waals surface area contributed by atoms with Crippen molar-refractivity contribution in [2.45, 2.75) is 26.7 Å². The van der Waals surface area contributed by atoms with Crippen LogP contribution in [0.2, 0.25) is 0 Å². The zero-order valence-electron chi connectivity index (χ0n) is 13.5. The second-order valence-electron chi connectivity index (χ2n) is 7.49. The lowest BCUT2D eigenvalue weighted by Gasteiger charge is -2.30. The second-order valence-corrected chi connectivity index (χ2v) is 7.49. The lowest BCUT2D eigenvalue weighted by Crippen LogP contribution is -2.40. The van der Waals surface area contributed by atoms with Crippen molar-refractivity contribution >= 4 is 23.3 Å². The molecule has 3 fully saturated rings. The number of ketones is 1. The van der Waals surface area contributed by atoms with Gasteiger partial charge in [-0.3, -0.25) is 14.4 Å². The lowest BCUT2D eigenvalue weighted by molar-refractivity contribution is -0.138. The molecule has 1 aromatic rings. The molecule has 2 aliphatic carbocycles. The van der Waals surface area contributed by atoms with E-state index in [4.69, 9.17) is 4.74 Å². The number of hydrogen-bond acceptors (Lipinski definition) is 4. The standard InChI is InChI=1S/C18H19NO4/c1-17-8-12(20)18(2,9-17)14-13(17)15(21)19(16(14)22)10-6-4-5-7-11(10)23-3/h4-7,13-14H,8-9H2,1-3H3/t13-,14+,17+,18-/m0/s1. The molecule has 1 heterocycles. The van der Waals surface area contributed by atoms with Crippen LogP contribution in [0.5, 0.6) is 5.75 Å². The topological polar surface area (TPSA) is 63.7 Å². The molecule has 1 aliphatic heterocycles. The first-order valence-electron chi connectivity index (χ1n) is 7.88. The number of ether oxygens (including phenoxy) is 1. The first-order chi connectivity index (χ1) is 10.8. The summed E-state index contributed by atoms with van der Waals surface area (Å²) in [6.45, 7) is 3.82. The fourth-order valence-corrected chi connectivity index (χ4v) is 5.14. The summed E-state index contributed by atoms with van der Waals surface area (Å²) < 4.78 is 5.30. The van der Waals surface area contributed by atoms with Crippen LogP contribution >= 0.6 is 0 Å². The van der Waals surface area contributed by atoms with Gasteiger partial charge in [-0.1, -0.05) is 26.0 Å². The maximum Gasteiger partial charge on any atom is 0.238 e. The first kappa shape index (κ1) is 14.4. The van der Waals surface area contributed by atoms with Crippen molar-refractivity contribution < 1.29 is 19.1 Å². The molecule has 0 N–H and O–H groups in total. The maximum absolute atomic E-state index is 13.0. The molecule has 0 spiro atoms. The van der Waals surface area contributed by atoms with Gasteiger partial charge in [0.25, 0.3) is 0 Å². The zero-order valence-corrected chi connectivity index (χ0v) is 13.5. The molecule has 0 aromatic heterocycles. The average Bonchev–Trinajstić information content (AvgIpc) is 3.01. The SMILES string of the molecule is COc1ccccc1N1C(=O)[C@@H]2[C@H](C1=O)[C@@]1(C)C[C@@]2(C)CC1=O. The van der Waals surface area contributed by atoms with Gasteiger partial charge >= 0.3 is 0 Å². The number of methoxy groups -OCH3 is 1. The minimum absolute atomic E-state index is 0.115. The van der Waals surface area contributed by atoms with Gasteiger partial charge in [0, 0.05) is 11.8 Å². The van der Waals surface area contributed by atoms with E-state index < -0.39 is 22.7 Å². The molecule has 0 unspecified atom stereocenters. The Balaban J connectivity index is 1.84. The smallest absolute Gasteiger partial charge is 0.238 e. The predicted octanol–water partition coefficient (Wildman–Crippen LogP) is 2.19. The van der Waals surface area contributed by atoms with Gasteiger partial charge in [0.15, 0.2) is 0 Å². The summed E-state index contributed by atoms with van der Waals surface area (Å²) in [6.07, 6.45) is 1.02. The van der Waals surface area contributed by atoms with E-state index in [0.29, 0.717) is 24.3 Å². The van der Waals surface area contributed by atoms with E-state index >= 15 is 0 Å². The number of imide groups is 1. The van der Waals surface area contributed by atoms with Gasteiger partial charge in [0.05, 0.1) is 24.6 Å². The van der Waals surface area contributed by atoms with E-state index in [1.165, 1.54) is 12.0 Å². The molecule has 2 amide bonds. The fourth-order valence-electron chi connectivity index (χ4n) is 5.14. The van der Waals surface area contributed by atoms with Crippen molar-refractivity contribution in [1.29, 1.82) is 0 Å². The van der Waals surface area contributed by atoms with Crippen LogP contribution < -0.4 is 9.64 Å². The predicted molar refractivity (Wildman–Crippen MR) is 82.9 cm³/mol. The molecule has 3 aliphatic rings. The largest absolute Gasteiger partial charge is 0.495 e. The first-order valence-corrected chi connectivity index (χ1v) is 7.88. The van der Waals surface area contributed by atoms with Crippen LogP contribution in [0.25, 0.3) is 0 Å². The van der Waals surface area contributed by atoms with Crippen LogP contribution in [-0.4, -0.2) is 24.7 Å². The Morgan fingerprint density at radius 2 is 1.74 bits per heavy atom. The zero-order chi connectivity index (χ0) is 16.6. The minimum Gasteiger partial charge on any atom is -0.495 e. The molecule has 1 aromatic carbocycles. The molecule has 23 heavy (non-hydrogen) atoms. The summed E-state index contributed by atoms with van der Waals surface area (Å²) in [6, 6.07) is 7.01. The summed E-state index contributed by atoms with van der Waals surface area (Å²) >= 11 is 0. The van der Waals surface area contributed by atoms with Crippen molar-refractivity contribution in [3.63, 3.8) is 0 Å². The highest BCUT2D eigenvalue weighted by molar-refractivity contribution is 6.25.